The lowest BCUT2D eigenvalue weighted by molar-refractivity contribution is -0.147. The number of hydroxylamine groups is 1. The molecule has 0 radical (unpaired) electrons. The van der Waals surface area contributed by atoms with Crippen LogP contribution >= 0.6 is 0 Å². The number of ether oxygens (including phenoxy) is 1. The van der Waals surface area contributed by atoms with Crippen molar-refractivity contribution in [3.8, 4) is 11.1 Å². The first-order chi connectivity index (χ1) is 10.7. The Labute approximate surface area is 127 Å². The Morgan fingerprint density at radius 3 is 2.09 bits per heavy atom. The van der Waals surface area contributed by atoms with E-state index in [4.69, 9.17) is 4.74 Å². The van der Waals surface area contributed by atoms with Gasteiger partial charge in [-0.2, -0.15) is 0 Å². The van der Waals surface area contributed by atoms with Crippen LogP contribution in [-0.2, 0) is 14.4 Å². The lowest BCUT2D eigenvalue weighted by atomic mass is 9.98. The predicted molar refractivity (Wildman–Crippen MR) is 80.0 cm³/mol. The molecule has 0 aliphatic heterocycles. The van der Waals surface area contributed by atoms with Crippen molar-refractivity contribution in [1.82, 2.24) is 5.48 Å². The molecule has 5 heteroatoms. The number of nitrogens with one attached hydrogen (secondary N) is 1. The first-order valence-corrected chi connectivity index (χ1v) is 6.95. The van der Waals surface area contributed by atoms with Crippen LogP contribution in [0.2, 0.25) is 0 Å². The summed E-state index contributed by atoms with van der Waals surface area (Å²) in [6.45, 7) is 1.38. The van der Waals surface area contributed by atoms with E-state index in [-0.39, 0.29) is 12.5 Å². The second-order valence-electron chi connectivity index (χ2n) is 5.02. The number of carbonyl (C=O) groups excluding carboxylic acids is 2. The fraction of sp³-hybridized carbons (Fsp3) is 0.176. The molecule has 2 aromatic carbocycles. The molecule has 1 amide bonds. The van der Waals surface area contributed by atoms with Crippen molar-refractivity contribution in [2.24, 2.45) is 0 Å². The quantitative estimate of drug-likeness (QED) is 0.865. The Kier molecular flexibility index (Phi) is 3.78. The van der Waals surface area contributed by atoms with Gasteiger partial charge < -0.3 is 9.57 Å². The van der Waals surface area contributed by atoms with Gasteiger partial charge in [0, 0.05) is 12.8 Å². The third kappa shape index (κ3) is 2.65. The largest absolute Gasteiger partial charge is 0.446 e. The first kappa shape index (κ1) is 14.1. The molecule has 0 aromatic heterocycles. The SMILES string of the molecule is CC(=O)ONC(=O)OCC1c2ccccc2-c2ccccc21. The van der Waals surface area contributed by atoms with Crippen LogP contribution in [0.4, 0.5) is 4.79 Å². The van der Waals surface area contributed by atoms with Gasteiger partial charge in [-0.15, -0.1) is 5.48 Å². The molecule has 22 heavy (non-hydrogen) atoms. The van der Waals surface area contributed by atoms with Gasteiger partial charge in [0.1, 0.15) is 6.61 Å². The average Bonchev–Trinajstić information content (AvgIpc) is 2.85. The minimum atomic E-state index is -0.780. The van der Waals surface area contributed by atoms with Crippen LogP contribution in [0, 0.1) is 0 Å². The highest BCUT2D eigenvalue weighted by Gasteiger charge is 2.28. The summed E-state index contributed by atoms with van der Waals surface area (Å²) in [5.41, 5.74) is 6.52. The molecule has 1 aliphatic rings. The zero-order chi connectivity index (χ0) is 15.5. The Balaban J connectivity index is 1.77. The van der Waals surface area contributed by atoms with Gasteiger partial charge in [-0.1, -0.05) is 48.5 Å². The van der Waals surface area contributed by atoms with E-state index in [2.05, 4.69) is 17.0 Å². The van der Waals surface area contributed by atoms with Gasteiger partial charge in [0.05, 0.1) is 0 Å². The minimum absolute atomic E-state index is 0.0181. The fourth-order valence-electron chi connectivity index (χ4n) is 2.74. The molecule has 2 aromatic rings. The molecule has 0 atom stereocenters. The summed E-state index contributed by atoms with van der Waals surface area (Å²) < 4.78 is 5.16. The van der Waals surface area contributed by atoms with Crippen LogP contribution in [0.3, 0.4) is 0 Å². The standard InChI is InChI=1S/C17H15NO4/c1-11(19)22-18-17(20)21-10-16-14-8-4-2-6-12(14)13-7-3-5-9-15(13)16/h2-9,16H,10H2,1H3,(H,18,20). The highest BCUT2D eigenvalue weighted by atomic mass is 16.7. The van der Waals surface area contributed by atoms with E-state index in [1.54, 1.807) is 0 Å². The van der Waals surface area contributed by atoms with Gasteiger partial charge in [0.2, 0.25) is 0 Å². The molecule has 0 fully saturated rings. The molecule has 0 heterocycles. The second-order valence-corrected chi connectivity index (χ2v) is 5.02. The summed E-state index contributed by atoms with van der Waals surface area (Å²) in [4.78, 5) is 26.6. The van der Waals surface area contributed by atoms with Crippen molar-refractivity contribution >= 4 is 12.1 Å². The van der Waals surface area contributed by atoms with E-state index in [0.29, 0.717) is 0 Å². The number of hydrogen-bond acceptors (Lipinski definition) is 4. The third-order valence-corrected chi connectivity index (χ3v) is 3.62. The smallest absolute Gasteiger partial charge is 0.440 e. The maximum atomic E-state index is 11.5. The normalized spacial score (nSPS) is 12.2. The highest BCUT2D eigenvalue weighted by molar-refractivity contribution is 5.79. The van der Waals surface area contributed by atoms with E-state index in [9.17, 15) is 9.59 Å². The Hall–Kier alpha value is -2.82. The van der Waals surface area contributed by atoms with Gasteiger partial charge in [0.25, 0.3) is 0 Å². The summed E-state index contributed by atoms with van der Waals surface area (Å²) in [5.74, 6) is -0.621. The molecule has 0 saturated heterocycles. The molecule has 1 aliphatic carbocycles. The molecular weight excluding hydrogens is 282 g/mol. The lowest BCUT2D eigenvalue weighted by Gasteiger charge is -2.14. The number of fused-ring (bicyclic) bond motifs is 3. The van der Waals surface area contributed by atoms with E-state index in [1.165, 1.54) is 6.92 Å². The van der Waals surface area contributed by atoms with E-state index < -0.39 is 12.1 Å². The zero-order valence-electron chi connectivity index (χ0n) is 12.0. The Bertz CT molecular complexity index is 681. The molecule has 5 nitrogen and oxygen atoms in total. The number of carbonyl (C=O) groups is 2. The molecule has 1 N–H and O–H groups in total. The average molecular weight is 297 g/mol. The van der Waals surface area contributed by atoms with Crippen molar-refractivity contribution < 1.29 is 19.2 Å². The number of hydrogen-bond donors (Lipinski definition) is 1. The molecular formula is C17H15NO4. The lowest BCUT2D eigenvalue weighted by Crippen LogP contribution is -2.28. The van der Waals surface area contributed by atoms with Gasteiger partial charge in [-0.05, 0) is 22.3 Å². The first-order valence-electron chi connectivity index (χ1n) is 6.95. The van der Waals surface area contributed by atoms with Crippen LogP contribution in [0.1, 0.15) is 24.0 Å². The van der Waals surface area contributed by atoms with Crippen LogP contribution in [-0.4, -0.2) is 18.7 Å². The van der Waals surface area contributed by atoms with Crippen LogP contribution in [0.25, 0.3) is 11.1 Å². The van der Waals surface area contributed by atoms with Gasteiger partial charge in [0.15, 0.2) is 0 Å². The summed E-state index contributed by atoms with van der Waals surface area (Å²) in [6, 6.07) is 16.1. The third-order valence-electron chi connectivity index (χ3n) is 3.62. The van der Waals surface area contributed by atoms with E-state index >= 15 is 0 Å². The van der Waals surface area contributed by atoms with E-state index in [0.717, 1.165) is 22.3 Å². The van der Waals surface area contributed by atoms with Gasteiger partial charge >= 0.3 is 12.1 Å². The predicted octanol–water partition coefficient (Wildman–Crippen LogP) is 3.00. The molecule has 0 spiro atoms. The topological polar surface area (TPSA) is 64.6 Å². The van der Waals surface area contributed by atoms with Crippen molar-refractivity contribution in [1.29, 1.82) is 0 Å². The van der Waals surface area contributed by atoms with Crippen LogP contribution < -0.4 is 5.48 Å². The van der Waals surface area contributed by atoms with E-state index in [1.807, 2.05) is 41.9 Å². The van der Waals surface area contributed by atoms with Crippen molar-refractivity contribution in [3.63, 3.8) is 0 Å². The van der Waals surface area contributed by atoms with Gasteiger partial charge in [-0.25, -0.2) is 4.79 Å². The number of amides is 1. The maximum Gasteiger partial charge on any atom is 0.440 e. The highest BCUT2D eigenvalue weighted by Crippen LogP contribution is 2.44. The van der Waals surface area contributed by atoms with Gasteiger partial charge in [-0.3, -0.25) is 4.79 Å². The molecule has 0 unspecified atom stereocenters. The summed E-state index contributed by atoms with van der Waals surface area (Å²) in [5, 5.41) is 0. The summed E-state index contributed by atoms with van der Waals surface area (Å²) >= 11 is 0. The zero-order valence-corrected chi connectivity index (χ0v) is 12.0. The molecule has 3 rings (SSSR count). The fourth-order valence-corrected chi connectivity index (χ4v) is 2.74. The van der Waals surface area contributed by atoms with Crippen LogP contribution in [0.15, 0.2) is 48.5 Å². The second kappa shape index (κ2) is 5.89. The van der Waals surface area contributed by atoms with Crippen LogP contribution in [0.5, 0.6) is 0 Å². The summed E-state index contributed by atoms with van der Waals surface area (Å²) in [7, 11) is 0. The maximum absolute atomic E-state index is 11.5. The number of benzene rings is 2. The Morgan fingerprint density at radius 2 is 1.55 bits per heavy atom. The minimum Gasteiger partial charge on any atom is -0.446 e. The van der Waals surface area contributed by atoms with Crippen molar-refractivity contribution in [2.75, 3.05) is 6.61 Å². The van der Waals surface area contributed by atoms with Crippen molar-refractivity contribution in [2.45, 2.75) is 12.8 Å². The van der Waals surface area contributed by atoms with Crippen molar-refractivity contribution in [3.05, 3.63) is 59.7 Å². The monoisotopic (exact) mass is 297 g/mol. The molecule has 0 saturated carbocycles. The molecule has 112 valence electrons. The summed E-state index contributed by atoms with van der Waals surface area (Å²) in [6.07, 6.45) is -0.780. The molecule has 0 bridgehead atoms. The number of rotatable bonds is 2. The Morgan fingerprint density at radius 1 is 1.00 bits per heavy atom.